The predicted molar refractivity (Wildman–Crippen MR) is 115 cm³/mol. The van der Waals surface area contributed by atoms with E-state index in [1.165, 1.54) is 0 Å². The van der Waals surface area contributed by atoms with Crippen molar-refractivity contribution in [3.63, 3.8) is 0 Å². The predicted octanol–water partition coefficient (Wildman–Crippen LogP) is 4.01. The Morgan fingerprint density at radius 2 is 1.69 bits per heavy atom. The molecule has 0 spiro atoms. The van der Waals surface area contributed by atoms with Crippen molar-refractivity contribution < 1.29 is 14.3 Å². The molecule has 0 saturated carbocycles. The SMILES string of the molecule is COc1ccccc1NC(=O)c1ccc(NC(=O)[C@@H](C)N2CCC(C)CC2)cc1. The average Bonchev–Trinajstić information content (AvgIpc) is 2.74. The Morgan fingerprint density at radius 3 is 2.34 bits per heavy atom. The molecule has 1 heterocycles. The second-order valence-corrected chi connectivity index (χ2v) is 7.62. The van der Waals surface area contributed by atoms with Gasteiger partial charge < -0.3 is 15.4 Å². The zero-order valence-electron chi connectivity index (χ0n) is 17.3. The third-order valence-corrected chi connectivity index (χ3v) is 5.52. The van der Waals surface area contributed by atoms with Crippen LogP contribution in [0.3, 0.4) is 0 Å². The molecule has 2 N–H and O–H groups in total. The summed E-state index contributed by atoms with van der Waals surface area (Å²) in [6.07, 6.45) is 2.27. The molecule has 29 heavy (non-hydrogen) atoms. The molecule has 0 radical (unpaired) electrons. The van der Waals surface area contributed by atoms with Crippen LogP contribution in [-0.4, -0.2) is 43.0 Å². The Balaban J connectivity index is 1.58. The Morgan fingerprint density at radius 1 is 1.03 bits per heavy atom. The van der Waals surface area contributed by atoms with E-state index in [2.05, 4.69) is 22.5 Å². The fraction of sp³-hybridized carbons (Fsp3) is 0.391. The summed E-state index contributed by atoms with van der Waals surface area (Å²) in [6, 6.07) is 14.0. The van der Waals surface area contributed by atoms with Gasteiger partial charge in [0.2, 0.25) is 5.91 Å². The monoisotopic (exact) mass is 395 g/mol. The Labute approximate surface area is 172 Å². The van der Waals surface area contributed by atoms with Gasteiger partial charge in [0.15, 0.2) is 0 Å². The number of carbonyl (C=O) groups excluding carboxylic acids is 2. The quantitative estimate of drug-likeness (QED) is 0.775. The molecule has 6 nitrogen and oxygen atoms in total. The van der Waals surface area contributed by atoms with Gasteiger partial charge in [0, 0.05) is 11.3 Å². The lowest BCUT2D eigenvalue weighted by Gasteiger charge is -2.34. The minimum absolute atomic E-state index is 0.0224. The van der Waals surface area contributed by atoms with Gasteiger partial charge in [0.25, 0.3) is 5.91 Å². The zero-order chi connectivity index (χ0) is 20.8. The summed E-state index contributed by atoms with van der Waals surface area (Å²) in [4.78, 5) is 27.3. The van der Waals surface area contributed by atoms with Crippen LogP contribution in [0.1, 0.15) is 37.0 Å². The van der Waals surface area contributed by atoms with E-state index >= 15 is 0 Å². The fourth-order valence-corrected chi connectivity index (χ4v) is 3.48. The normalized spacial score (nSPS) is 16.1. The molecule has 154 valence electrons. The standard InChI is InChI=1S/C23H29N3O3/c1-16-12-14-26(15-13-16)17(2)22(27)24-19-10-8-18(9-11-19)23(28)25-20-6-4-5-7-21(20)29-3/h4-11,16-17H,12-15H2,1-3H3,(H,24,27)(H,25,28)/t17-/m1/s1. The number of carbonyl (C=O) groups is 2. The Kier molecular flexibility index (Phi) is 6.88. The van der Waals surface area contributed by atoms with E-state index < -0.39 is 0 Å². The third-order valence-electron chi connectivity index (χ3n) is 5.52. The number of nitrogens with one attached hydrogen (secondary N) is 2. The van der Waals surface area contributed by atoms with Gasteiger partial charge in [0.1, 0.15) is 5.75 Å². The average molecular weight is 396 g/mol. The number of methoxy groups -OCH3 is 1. The van der Waals surface area contributed by atoms with Gasteiger partial charge in [-0.15, -0.1) is 0 Å². The van der Waals surface area contributed by atoms with E-state index in [0.29, 0.717) is 22.7 Å². The van der Waals surface area contributed by atoms with Crippen LogP contribution < -0.4 is 15.4 Å². The number of ether oxygens (including phenoxy) is 1. The van der Waals surface area contributed by atoms with Crippen LogP contribution in [0.15, 0.2) is 48.5 Å². The summed E-state index contributed by atoms with van der Waals surface area (Å²) >= 11 is 0. The van der Waals surface area contributed by atoms with E-state index in [1.807, 2.05) is 19.1 Å². The molecule has 6 heteroatoms. The molecule has 2 amide bonds. The maximum Gasteiger partial charge on any atom is 0.255 e. The van der Waals surface area contributed by atoms with Gasteiger partial charge in [-0.05, 0) is 75.2 Å². The molecular formula is C23H29N3O3. The molecule has 0 aliphatic carbocycles. The lowest BCUT2D eigenvalue weighted by Crippen LogP contribution is -2.45. The number of benzene rings is 2. The van der Waals surface area contributed by atoms with Crippen molar-refractivity contribution in [2.75, 3.05) is 30.8 Å². The number of likely N-dealkylation sites (tertiary alicyclic amines) is 1. The van der Waals surface area contributed by atoms with Gasteiger partial charge in [-0.2, -0.15) is 0 Å². The highest BCUT2D eigenvalue weighted by Gasteiger charge is 2.25. The Hall–Kier alpha value is -2.86. The summed E-state index contributed by atoms with van der Waals surface area (Å²) in [7, 11) is 1.56. The number of amides is 2. The van der Waals surface area contributed by atoms with Crippen molar-refractivity contribution in [3.8, 4) is 5.75 Å². The molecule has 0 bridgehead atoms. The maximum atomic E-state index is 12.6. The fourth-order valence-electron chi connectivity index (χ4n) is 3.48. The number of piperidine rings is 1. The number of para-hydroxylation sites is 2. The number of rotatable bonds is 6. The van der Waals surface area contributed by atoms with Crippen molar-refractivity contribution in [2.45, 2.75) is 32.7 Å². The number of hydrogen-bond acceptors (Lipinski definition) is 4. The second kappa shape index (κ2) is 9.56. The highest BCUT2D eigenvalue weighted by atomic mass is 16.5. The molecular weight excluding hydrogens is 366 g/mol. The van der Waals surface area contributed by atoms with Gasteiger partial charge >= 0.3 is 0 Å². The van der Waals surface area contributed by atoms with Crippen LogP contribution in [0, 0.1) is 5.92 Å². The molecule has 1 aliphatic heterocycles. The lowest BCUT2D eigenvalue weighted by atomic mass is 9.98. The van der Waals surface area contributed by atoms with Crippen LogP contribution in [0.2, 0.25) is 0 Å². The van der Waals surface area contributed by atoms with Crippen LogP contribution in [0.25, 0.3) is 0 Å². The van der Waals surface area contributed by atoms with E-state index in [9.17, 15) is 9.59 Å². The molecule has 0 unspecified atom stereocenters. The van der Waals surface area contributed by atoms with E-state index in [-0.39, 0.29) is 17.9 Å². The van der Waals surface area contributed by atoms with Crippen molar-refractivity contribution >= 4 is 23.2 Å². The molecule has 1 saturated heterocycles. The first kappa shape index (κ1) is 20.9. The van der Waals surface area contributed by atoms with Crippen LogP contribution in [-0.2, 0) is 4.79 Å². The van der Waals surface area contributed by atoms with Crippen molar-refractivity contribution in [3.05, 3.63) is 54.1 Å². The largest absolute Gasteiger partial charge is 0.495 e. The topological polar surface area (TPSA) is 70.7 Å². The summed E-state index contributed by atoms with van der Waals surface area (Å²) in [6.45, 7) is 6.11. The first-order valence-corrected chi connectivity index (χ1v) is 10.1. The summed E-state index contributed by atoms with van der Waals surface area (Å²) in [5.74, 6) is 1.08. The number of nitrogens with zero attached hydrogens (tertiary/aromatic N) is 1. The number of anilines is 2. The van der Waals surface area contributed by atoms with E-state index in [1.54, 1.807) is 43.5 Å². The molecule has 2 aromatic carbocycles. The zero-order valence-corrected chi connectivity index (χ0v) is 17.3. The third kappa shape index (κ3) is 5.35. The van der Waals surface area contributed by atoms with Gasteiger partial charge in [-0.3, -0.25) is 14.5 Å². The van der Waals surface area contributed by atoms with E-state index in [4.69, 9.17) is 4.74 Å². The smallest absolute Gasteiger partial charge is 0.255 e. The lowest BCUT2D eigenvalue weighted by molar-refractivity contribution is -0.121. The Bertz CT molecular complexity index is 843. The summed E-state index contributed by atoms with van der Waals surface area (Å²) in [5.41, 5.74) is 1.80. The molecule has 2 aromatic rings. The summed E-state index contributed by atoms with van der Waals surface area (Å²) < 4.78 is 5.26. The maximum absolute atomic E-state index is 12.6. The first-order valence-electron chi connectivity index (χ1n) is 10.1. The highest BCUT2D eigenvalue weighted by molar-refractivity contribution is 6.05. The number of hydrogen-bond donors (Lipinski definition) is 2. The molecule has 3 rings (SSSR count). The molecule has 1 atom stereocenters. The van der Waals surface area contributed by atoms with Crippen LogP contribution in [0.5, 0.6) is 5.75 Å². The second-order valence-electron chi connectivity index (χ2n) is 7.62. The molecule has 1 aliphatic rings. The van der Waals surface area contributed by atoms with Gasteiger partial charge in [-0.1, -0.05) is 19.1 Å². The minimum atomic E-state index is -0.233. The highest BCUT2D eigenvalue weighted by Crippen LogP contribution is 2.24. The minimum Gasteiger partial charge on any atom is -0.495 e. The molecule has 1 fully saturated rings. The summed E-state index contributed by atoms with van der Waals surface area (Å²) in [5, 5.41) is 5.80. The van der Waals surface area contributed by atoms with Crippen LogP contribution in [0.4, 0.5) is 11.4 Å². The van der Waals surface area contributed by atoms with Gasteiger partial charge in [0.05, 0.1) is 18.8 Å². The molecule has 0 aromatic heterocycles. The van der Waals surface area contributed by atoms with Crippen LogP contribution >= 0.6 is 0 Å². The van der Waals surface area contributed by atoms with Crippen molar-refractivity contribution in [1.82, 2.24) is 4.90 Å². The van der Waals surface area contributed by atoms with Crippen molar-refractivity contribution in [2.24, 2.45) is 5.92 Å². The van der Waals surface area contributed by atoms with E-state index in [0.717, 1.165) is 31.8 Å². The first-order chi connectivity index (χ1) is 14.0. The van der Waals surface area contributed by atoms with Crippen molar-refractivity contribution in [1.29, 1.82) is 0 Å². The van der Waals surface area contributed by atoms with Gasteiger partial charge in [-0.25, -0.2) is 0 Å².